The van der Waals surface area contributed by atoms with E-state index < -0.39 is 11.7 Å². The highest BCUT2D eigenvalue weighted by molar-refractivity contribution is 5.95. The molecule has 2 heterocycles. The molecule has 2 aromatic carbocycles. The summed E-state index contributed by atoms with van der Waals surface area (Å²) in [7, 11) is 0. The van der Waals surface area contributed by atoms with Crippen molar-refractivity contribution in [2.45, 2.75) is 97.0 Å². The van der Waals surface area contributed by atoms with Crippen LogP contribution in [0.3, 0.4) is 0 Å². The Labute approximate surface area is 311 Å². The van der Waals surface area contributed by atoms with Crippen LogP contribution in [0.15, 0.2) is 47.3 Å². The zero-order valence-corrected chi connectivity index (χ0v) is 31.2. The third-order valence-corrected chi connectivity index (χ3v) is 14.6. The van der Waals surface area contributed by atoms with Gasteiger partial charge >= 0.3 is 0 Å². The van der Waals surface area contributed by atoms with Gasteiger partial charge in [0.05, 0.1) is 22.7 Å². The van der Waals surface area contributed by atoms with E-state index in [2.05, 4.69) is 24.0 Å². The van der Waals surface area contributed by atoms with Gasteiger partial charge in [-0.25, -0.2) is 9.49 Å². The number of amides is 2. The van der Waals surface area contributed by atoms with Gasteiger partial charge < -0.3 is 14.5 Å². The van der Waals surface area contributed by atoms with Gasteiger partial charge in [-0.05, 0) is 110 Å². The van der Waals surface area contributed by atoms with Crippen LogP contribution in [0.25, 0.3) is 10.8 Å². The molecular formula is C43H53FN4O5. The number of H-pyrrole nitrogens is 1. The molecule has 4 aliphatic carbocycles. The van der Waals surface area contributed by atoms with Gasteiger partial charge in [0.15, 0.2) is 0 Å². The van der Waals surface area contributed by atoms with Crippen LogP contribution >= 0.6 is 0 Å². The van der Waals surface area contributed by atoms with Crippen molar-refractivity contribution in [3.05, 3.63) is 75.5 Å². The Hall–Kier alpha value is -3.92. The van der Waals surface area contributed by atoms with Crippen molar-refractivity contribution in [1.29, 1.82) is 0 Å². The Kier molecular flexibility index (Phi) is 9.79. The predicted molar refractivity (Wildman–Crippen MR) is 200 cm³/mol. The maximum absolute atomic E-state index is 15.0. The summed E-state index contributed by atoms with van der Waals surface area (Å²) in [5, 5.41) is 8.01. The fraction of sp³-hybridized carbons (Fsp3) is 0.605. The molecule has 4 saturated carbocycles. The Morgan fingerprint density at radius 3 is 2.47 bits per heavy atom. The van der Waals surface area contributed by atoms with Gasteiger partial charge in [-0.3, -0.25) is 19.2 Å². The normalized spacial score (nSPS) is 31.2. The fourth-order valence-electron chi connectivity index (χ4n) is 11.6. The third kappa shape index (κ3) is 6.63. The van der Waals surface area contributed by atoms with Crippen LogP contribution in [0.4, 0.5) is 4.39 Å². The van der Waals surface area contributed by atoms with E-state index in [1.807, 2.05) is 17.0 Å². The number of hydrogen-bond donors (Lipinski definition) is 1. The minimum Gasteiger partial charge on any atom is -0.378 e. The van der Waals surface area contributed by atoms with Gasteiger partial charge in [-0.2, -0.15) is 5.10 Å². The number of nitrogens with zero attached hydrogens (tertiary/aromatic N) is 3. The summed E-state index contributed by atoms with van der Waals surface area (Å²) in [5.74, 6) is 2.30. The third-order valence-electron chi connectivity index (χ3n) is 14.6. The monoisotopic (exact) mass is 724 g/mol. The quantitative estimate of drug-likeness (QED) is 0.259. The zero-order chi connectivity index (χ0) is 36.9. The fourth-order valence-corrected chi connectivity index (χ4v) is 11.6. The molecule has 53 heavy (non-hydrogen) atoms. The lowest BCUT2D eigenvalue weighted by Gasteiger charge is -2.60. The molecule has 9 nitrogen and oxygen atoms in total. The molecule has 5 fully saturated rings. The average molecular weight is 725 g/mol. The van der Waals surface area contributed by atoms with Crippen molar-refractivity contribution < 1.29 is 23.5 Å². The van der Waals surface area contributed by atoms with Crippen molar-refractivity contribution in [2.24, 2.45) is 34.5 Å². The molecule has 2 amide bonds. The van der Waals surface area contributed by atoms with E-state index in [0.717, 1.165) is 42.9 Å². The molecule has 7 atom stereocenters. The molecule has 0 spiro atoms. The smallest absolute Gasteiger partial charge is 0.272 e. The van der Waals surface area contributed by atoms with Crippen molar-refractivity contribution in [1.82, 2.24) is 20.0 Å². The number of ether oxygens (including phenoxy) is 1. The SMILES string of the molecule is C[C@]12CCC(=O)C[C@@H]1CC[C@@H]1[C@@H]2CC[C@]2(C)C(OCCCC(=O)N3CCN(C(=O)c4cc(Cc5n[nH]c(=O)c6ccccc56)ccc4F)CC3)CC[C@@H]12. The first-order chi connectivity index (χ1) is 25.5. The highest BCUT2D eigenvalue weighted by atomic mass is 19.1. The van der Waals surface area contributed by atoms with Crippen LogP contribution in [0.1, 0.15) is 106 Å². The van der Waals surface area contributed by atoms with Gasteiger partial charge in [-0.15, -0.1) is 0 Å². The second-order valence-corrected chi connectivity index (χ2v) is 17.2. The Bertz CT molecular complexity index is 1960. The van der Waals surface area contributed by atoms with Crippen LogP contribution < -0.4 is 5.56 Å². The van der Waals surface area contributed by atoms with Gasteiger partial charge in [0.1, 0.15) is 11.6 Å². The largest absolute Gasteiger partial charge is 0.378 e. The Balaban J connectivity index is 0.805. The van der Waals surface area contributed by atoms with E-state index in [9.17, 15) is 23.6 Å². The Morgan fingerprint density at radius 2 is 1.66 bits per heavy atom. The summed E-state index contributed by atoms with van der Waals surface area (Å²) < 4.78 is 21.6. The van der Waals surface area contributed by atoms with Crippen LogP contribution in [-0.2, 0) is 20.7 Å². The summed E-state index contributed by atoms with van der Waals surface area (Å²) >= 11 is 0. The van der Waals surface area contributed by atoms with Crippen LogP contribution in [0, 0.1) is 40.3 Å². The summed E-state index contributed by atoms with van der Waals surface area (Å²) in [4.78, 5) is 54.6. The number of benzene rings is 2. The second-order valence-electron chi connectivity index (χ2n) is 17.2. The standard InChI is InChI=1S/C43H53FN4O5/c1-42-17-15-29(49)26-28(42)10-11-32-34-12-14-38(43(34,2)18-16-35(32)42)53-23-5-8-39(50)47-19-21-48(22-20-47)41(52)33-24-27(9-13-36(33)44)25-37-30-6-3-4-7-31(30)40(51)46-45-37/h3-4,6-7,9,13,24,28,32,34-35,38H,5,8,10-12,14-23,25-26H2,1-2H3,(H,46,51)/t28-,32-,34-,35-,38?,42-,43-/m0/s1. The number of piperazine rings is 1. The number of halogens is 1. The molecule has 3 aromatic rings. The van der Waals surface area contributed by atoms with Gasteiger partial charge in [0, 0.05) is 63.9 Å². The minimum atomic E-state index is -0.587. The summed E-state index contributed by atoms with van der Waals surface area (Å²) in [6.45, 7) is 7.06. The summed E-state index contributed by atoms with van der Waals surface area (Å²) in [6, 6.07) is 11.7. The van der Waals surface area contributed by atoms with Gasteiger partial charge in [0.25, 0.3) is 11.5 Å². The van der Waals surface area contributed by atoms with Crippen molar-refractivity contribution in [2.75, 3.05) is 32.8 Å². The average Bonchev–Trinajstić information content (AvgIpc) is 3.51. The molecule has 5 aliphatic rings. The first kappa shape index (κ1) is 36.1. The van der Waals surface area contributed by atoms with E-state index in [0.29, 0.717) is 91.7 Å². The molecule has 0 radical (unpaired) electrons. The minimum absolute atomic E-state index is 0.00292. The van der Waals surface area contributed by atoms with Crippen molar-refractivity contribution in [3.63, 3.8) is 0 Å². The number of fused-ring (bicyclic) bond motifs is 6. The maximum Gasteiger partial charge on any atom is 0.272 e. The second kappa shape index (κ2) is 14.4. The number of carbonyl (C=O) groups is 3. The summed E-state index contributed by atoms with van der Waals surface area (Å²) in [5.41, 5.74) is 1.59. The van der Waals surface area contributed by atoms with E-state index in [1.54, 1.807) is 29.2 Å². The van der Waals surface area contributed by atoms with E-state index in [4.69, 9.17) is 4.74 Å². The maximum atomic E-state index is 15.0. The lowest BCUT2D eigenvalue weighted by molar-refractivity contribution is -0.145. The molecule has 1 N–H and O–H groups in total. The number of rotatable bonds is 8. The summed E-state index contributed by atoms with van der Waals surface area (Å²) in [6.07, 6.45) is 11.5. The first-order valence-electron chi connectivity index (χ1n) is 20.0. The lowest BCUT2D eigenvalue weighted by Crippen LogP contribution is -2.54. The van der Waals surface area contributed by atoms with E-state index in [1.165, 1.54) is 38.2 Å². The number of aromatic nitrogens is 2. The number of nitrogens with one attached hydrogen (secondary N) is 1. The van der Waals surface area contributed by atoms with Crippen LogP contribution in [0.2, 0.25) is 0 Å². The molecule has 10 heteroatoms. The lowest BCUT2D eigenvalue weighted by atomic mass is 9.45. The molecule has 1 saturated heterocycles. The van der Waals surface area contributed by atoms with E-state index >= 15 is 0 Å². The molecule has 1 aliphatic heterocycles. The molecular weight excluding hydrogens is 671 g/mol. The topological polar surface area (TPSA) is 113 Å². The zero-order valence-electron chi connectivity index (χ0n) is 31.2. The highest BCUT2D eigenvalue weighted by Gasteiger charge is 2.60. The number of hydrogen-bond acceptors (Lipinski definition) is 6. The predicted octanol–water partition coefficient (Wildman–Crippen LogP) is 6.71. The molecule has 1 unspecified atom stereocenters. The van der Waals surface area contributed by atoms with Gasteiger partial charge in [0.2, 0.25) is 5.91 Å². The highest BCUT2D eigenvalue weighted by Crippen LogP contribution is 2.66. The number of ketones is 1. The first-order valence-corrected chi connectivity index (χ1v) is 20.0. The van der Waals surface area contributed by atoms with Gasteiger partial charge in [-0.1, -0.05) is 38.1 Å². The number of aromatic amines is 1. The van der Waals surface area contributed by atoms with Crippen LogP contribution in [0.5, 0.6) is 0 Å². The Morgan fingerprint density at radius 1 is 0.906 bits per heavy atom. The number of carbonyl (C=O) groups excluding carboxylic acids is 3. The van der Waals surface area contributed by atoms with E-state index in [-0.39, 0.29) is 28.5 Å². The molecule has 8 rings (SSSR count). The number of Topliss-reactive ketones (excluding diaryl/α,β-unsaturated/α-hetero) is 1. The molecule has 0 bridgehead atoms. The van der Waals surface area contributed by atoms with Crippen molar-refractivity contribution in [3.8, 4) is 0 Å². The van der Waals surface area contributed by atoms with Crippen LogP contribution in [-0.4, -0.2) is 76.5 Å². The molecule has 282 valence electrons. The van der Waals surface area contributed by atoms with Crippen molar-refractivity contribution >= 4 is 28.4 Å². The molecule has 1 aromatic heterocycles.